The van der Waals surface area contributed by atoms with E-state index in [1.165, 1.54) is 19.2 Å². The lowest BCUT2D eigenvalue weighted by molar-refractivity contribution is -0.137. The van der Waals surface area contributed by atoms with E-state index >= 15 is 4.39 Å². The number of aromatic nitrogens is 1. The number of rotatable bonds is 7. The van der Waals surface area contributed by atoms with Crippen LogP contribution in [0, 0.1) is 11.6 Å². The molecule has 6 N–H and O–H groups in total. The van der Waals surface area contributed by atoms with Crippen LogP contribution < -0.4 is 15.8 Å². The number of carbonyl (C=O) groups is 1. The molecule has 0 radical (unpaired) electrons. The van der Waals surface area contributed by atoms with Gasteiger partial charge in [-0.2, -0.15) is 13.2 Å². The van der Waals surface area contributed by atoms with Gasteiger partial charge in [-0.3, -0.25) is 4.79 Å². The zero-order valence-electron chi connectivity index (χ0n) is 16.7. The minimum atomic E-state index is -4.50. The minimum Gasteiger partial charge on any atom is -0.409 e. The van der Waals surface area contributed by atoms with Crippen molar-refractivity contribution in [3.8, 4) is 0 Å². The van der Waals surface area contributed by atoms with Crippen LogP contribution in [0.4, 0.5) is 33.5 Å². The largest absolute Gasteiger partial charge is 0.416 e. The molecule has 33 heavy (non-hydrogen) atoms. The molecule has 0 unspecified atom stereocenters. The monoisotopic (exact) mass is 485 g/mol. The summed E-state index contributed by atoms with van der Waals surface area (Å²) in [7, 11) is 1.48. The van der Waals surface area contributed by atoms with E-state index in [1.807, 2.05) is 0 Å². The predicted octanol–water partition coefficient (Wildman–Crippen LogP) is 4.80. The maximum Gasteiger partial charge on any atom is 0.416 e. The van der Waals surface area contributed by atoms with Crippen LogP contribution in [-0.4, -0.2) is 28.9 Å². The fourth-order valence-electron chi connectivity index (χ4n) is 2.92. The third kappa shape index (κ3) is 4.87. The number of hydrogen-bond acceptors (Lipinski definition) is 6. The molecule has 13 heteroatoms. The van der Waals surface area contributed by atoms with Gasteiger partial charge >= 0.3 is 6.18 Å². The first-order valence-corrected chi connectivity index (χ1v) is 9.90. The van der Waals surface area contributed by atoms with Gasteiger partial charge in [0.25, 0.3) is 0 Å². The maximum absolute atomic E-state index is 15.1. The van der Waals surface area contributed by atoms with Gasteiger partial charge in [0.1, 0.15) is 11.6 Å². The van der Waals surface area contributed by atoms with E-state index in [4.69, 9.17) is 10.9 Å². The van der Waals surface area contributed by atoms with Gasteiger partial charge in [0, 0.05) is 18.1 Å². The molecule has 3 aromatic rings. The molecule has 0 saturated heterocycles. The molecule has 7 nitrogen and oxygen atoms in total. The van der Waals surface area contributed by atoms with E-state index in [1.54, 1.807) is 0 Å². The molecule has 2 aromatic carbocycles. The lowest BCUT2D eigenvalue weighted by atomic mass is 10.00. The van der Waals surface area contributed by atoms with E-state index in [-0.39, 0.29) is 22.6 Å². The maximum atomic E-state index is 15.1. The van der Waals surface area contributed by atoms with Crippen LogP contribution in [0.5, 0.6) is 0 Å². The van der Waals surface area contributed by atoms with Crippen molar-refractivity contribution in [1.29, 1.82) is 0 Å². The Balaban J connectivity index is 1.91. The van der Waals surface area contributed by atoms with Crippen LogP contribution in [0.15, 0.2) is 52.6 Å². The van der Waals surface area contributed by atoms with E-state index in [0.717, 1.165) is 42.4 Å². The van der Waals surface area contributed by atoms with Crippen LogP contribution in [-0.2, 0) is 6.18 Å². The third-order valence-corrected chi connectivity index (χ3v) is 5.35. The topological polar surface area (TPSA) is 116 Å². The van der Waals surface area contributed by atoms with Gasteiger partial charge in [-0.05, 0) is 48.3 Å². The number of carbonyl (C=O) groups excluding carboxylic acids is 1. The Morgan fingerprint density at radius 2 is 1.79 bits per heavy atom. The standard InChI is InChI=1S/C20H16F5N5O2S/c1-27-19-14(18(26)29-32)11(8-28-19)17(31)15-12(21)6-7-13(16(15)22)30-33-10-4-2-9(3-5-10)20(23,24)25/h2-8,27-28,30,32H,1H3,(H2,26,29). The van der Waals surface area contributed by atoms with Crippen molar-refractivity contribution in [2.24, 2.45) is 10.9 Å². The summed E-state index contributed by atoms with van der Waals surface area (Å²) in [5.41, 5.74) is 3.24. The highest BCUT2D eigenvalue weighted by atomic mass is 32.2. The first kappa shape index (κ1) is 23.9. The molecular formula is C20H16F5N5O2S. The number of ketones is 1. The van der Waals surface area contributed by atoms with Gasteiger partial charge in [-0.1, -0.05) is 5.16 Å². The van der Waals surface area contributed by atoms with Gasteiger partial charge < -0.3 is 26.0 Å². The molecule has 1 heterocycles. The quantitative estimate of drug-likeness (QED) is 0.0625. The molecule has 0 aliphatic carbocycles. The number of aromatic amines is 1. The van der Waals surface area contributed by atoms with Crippen LogP contribution in [0.25, 0.3) is 0 Å². The highest BCUT2D eigenvalue weighted by Crippen LogP contribution is 2.32. The fourth-order valence-corrected chi connectivity index (χ4v) is 3.57. The summed E-state index contributed by atoms with van der Waals surface area (Å²) in [5, 5.41) is 14.5. The van der Waals surface area contributed by atoms with E-state index in [2.05, 4.69) is 20.2 Å². The summed E-state index contributed by atoms with van der Waals surface area (Å²) in [6, 6.07) is 5.98. The molecule has 1 aromatic heterocycles. The summed E-state index contributed by atoms with van der Waals surface area (Å²) in [4.78, 5) is 15.9. The van der Waals surface area contributed by atoms with Crippen molar-refractivity contribution in [2.75, 3.05) is 17.1 Å². The highest BCUT2D eigenvalue weighted by Gasteiger charge is 2.30. The van der Waals surface area contributed by atoms with Crippen molar-refractivity contribution in [2.45, 2.75) is 11.1 Å². The molecule has 174 valence electrons. The Kier molecular flexibility index (Phi) is 6.81. The molecule has 0 fully saturated rings. The van der Waals surface area contributed by atoms with E-state index < -0.39 is 40.6 Å². The van der Waals surface area contributed by atoms with E-state index in [0.29, 0.717) is 4.90 Å². The normalized spacial score (nSPS) is 12.0. The number of halogens is 5. The average molecular weight is 485 g/mol. The number of benzene rings is 2. The number of hydrogen-bond donors (Lipinski definition) is 5. The summed E-state index contributed by atoms with van der Waals surface area (Å²) < 4.78 is 70.1. The first-order chi connectivity index (χ1) is 15.6. The molecule has 0 atom stereocenters. The molecule has 0 saturated carbocycles. The number of amidine groups is 1. The first-order valence-electron chi connectivity index (χ1n) is 9.08. The van der Waals surface area contributed by atoms with Crippen molar-refractivity contribution < 1.29 is 32.0 Å². The molecule has 0 spiro atoms. The molecule has 0 amide bonds. The third-order valence-electron chi connectivity index (χ3n) is 4.52. The number of H-pyrrole nitrogens is 1. The Labute approximate surface area is 188 Å². The van der Waals surface area contributed by atoms with Gasteiger partial charge in [0.15, 0.2) is 11.7 Å². The predicted molar refractivity (Wildman–Crippen MR) is 114 cm³/mol. The highest BCUT2D eigenvalue weighted by molar-refractivity contribution is 8.00. The van der Waals surface area contributed by atoms with Crippen LogP contribution in [0.2, 0.25) is 0 Å². The molecular weight excluding hydrogens is 469 g/mol. The van der Waals surface area contributed by atoms with Gasteiger partial charge in [0.2, 0.25) is 5.78 Å². The summed E-state index contributed by atoms with van der Waals surface area (Å²) in [6.07, 6.45) is -3.35. The number of nitrogens with zero attached hydrogens (tertiary/aromatic N) is 1. The SMILES string of the molecule is CNc1[nH]cc(C(=O)c2c(F)ccc(NSc3ccc(C(F)(F)F)cc3)c2F)c1C(N)=NO. The lowest BCUT2D eigenvalue weighted by Crippen LogP contribution is -2.19. The fraction of sp³-hybridized carbons (Fsp3) is 0.100. The molecule has 0 bridgehead atoms. The molecule has 0 aliphatic heterocycles. The zero-order valence-corrected chi connectivity index (χ0v) is 17.5. The number of anilines is 2. The summed E-state index contributed by atoms with van der Waals surface area (Å²) >= 11 is 0.769. The summed E-state index contributed by atoms with van der Waals surface area (Å²) in [5.74, 6) is -3.73. The molecule has 3 rings (SSSR count). The smallest absolute Gasteiger partial charge is 0.409 e. The van der Waals surface area contributed by atoms with Crippen molar-refractivity contribution >= 4 is 35.1 Å². The Hall–Kier alpha value is -3.74. The van der Waals surface area contributed by atoms with Gasteiger partial charge in [-0.15, -0.1) is 0 Å². The molecule has 0 aliphatic rings. The van der Waals surface area contributed by atoms with E-state index in [9.17, 15) is 22.4 Å². The van der Waals surface area contributed by atoms with Crippen LogP contribution >= 0.6 is 11.9 Å². The second kappa shape index (κ2) is 9.40. The second-order valence-corrected chi connectivity index (χ2v) is 7.41. The Bertz CT molecular complexity index is 1210. The second-order valence-electron chi connectivity index (χ2n) is 6.53. The van der Waals surface area contributed by atoms with Crippen molar-refractivity contribution in [1.82, 2.24) is 4.98 Å². The van der Waals surface area contributed by atoms with Crippen LogP contribution in [0.3, 0.4) is 0 Å². The number of alkyl halides is 3. The number of nitrogens with two attached hydrogens (primary N) is 1. The van der Waals surface area contributed by atoms with Crippen LogP contribution in [0.1, 0.15) is 27.0 Å². The zero-order chi connectivity index (χ0) is 24.3. The van der Waals surface area contributed by atoms with Crippen molar-refractivity contribution in [3.63, 3.8) is 0 Å². The minimum absolute atomic E-state index is 0.0821. The Morgan fingerprint density at radius 1 is 1.12 bits per heavy atom. The van der Waals surface area contributed by atoms with Crippen molar-refractivity contribution in [3.05, 3.63) is 76.5 Å². The lowest BCUT2D eigenvalue weighted by Gasteiger charge is -2.12. The number of oxime groups is 1. The number of nitrogens with one attached hydrogen (secondary N) is 3. The Morgan fingerprint density at radius 3 is 2.36 bits per heavy atom. The summed E-state index contributed by atoms with van der Waals surface area (Å²) in [6.45, 7) is 0. The average Bonchev–Trinajstić information content (AvgIpc) is 3.22. The van der Waals surface area contributed by atoms with Gasteiger partial charge in [-0.25, -0.2) is 8.78 Å². The van der Waals surface area contributed by atoms with Gasteiger partial charge in [0.05, 0.1) is 27.9 Å².